The highest BCUT2D eigenvalue weighted by atomic mass is 31.2. The molecule has 0 aromatic carbocycles. The zero-order valence-electron chi connectivity index (χ0n) is 5.27. The van der Waals surface area contributed by atoms with Crippen LogP contribution in [0.25, 0.3) is 0 Å². The van der Waals surface area contributed by atoms with Gasteiger partial charge in [-0.3, -0.25) is 4.57 Å². The lowest BCUT2D eigenvalue weighted by atomic mass is 10.8. The van der Waals surface area contributed by atoms with E-state index in [4.69, 9.17) is 9.79 Å². The number of nitrogens with one attached hydrogen (secondary N) is 1. The van der Waals surface area contributed by atoms with Gasteiger partial charge < -0.3 is 9.79 Å². The molecule has 0 saturated heterocycles. The van der Waals surface area contributed by atoms with E-state index < -0.39 is 16.0 Å². The van der Waals surface area contributed by atoms with Crippen LogP contribution in [-0.2, 0) is 13.4 Å². The van der Waals surface area contributed by atoms with Crippen molar-refractivity contribution in [2.24, 2.45) is 0 Å². The Balaban J connectivity index is 3.87. The molecule has 0 amide bonds. The maximum Gasteiger partial charge on any atom is 0.409 e. The summed E-state index contributed by atoms with van der Waals surface area (Å²) in [5, 5.41) is 2.01. The van der Waals surface area contributed by atoms with Crippen LogP contribution in [0, 0.1) is 0 Å². The van der Waals surface area contributed by atoms with Gasteiger partial charge in [0.2, 0.25) is 0 Å². The topological polar surface area (TPSA) is 95.9 Å². The molecule has 6 nitrogen and oxygen atoms in total. The Morgan fingerprint density at radius 3 is 2.60 bits per heavy atom. The highest BCUT2D eigenvalue weighted by molar-refractivity contribution is 7.57. The van der Waals surface area contributed by atoms with Crippen LogP contribution in [0.1, 0.15) is 6.92 Å². The zero-order valence-corrected chi connectivity index (χ0v) is 7.17. The Bertz CT molecular complexity index is 169. The van der Waals surface area contributed by atoms with Crippen molar-refractivity contribution < 1.29 is 23.2 Å². The lowest BCUT2D eigenvalue weighted by Gasteiger charge is -2.07. The van der Waals surface area contributed by atoms with E-state index in [-0.39, 0.29) is 6.54 Å². The third kappa shape index (κ3) is 5.11. The van der Waals surface area contributed by atoms with Crippen LogP contribution in [-0.4, -0.2) is 16.3 Å². The molecule has 0 aliphatic carbocycles. The summed E-state index contributed by atoms with van der Waals surface area (Å²) in [4.78, 5) is 16.6. The number of hydrogen-bond donors (Lipinski definition) is 3. The predicted molar refractivity (Wildman–Crippen MR) is 35.8 cm³/mol. The van der Waals surface area contributed by atoms with Gasteiger partial charge in [-0.1, -0.05) is 6.92 Å². The number of rotatable bonds is 4. The molecule has 0 heterocycles. The molecule has 3 N–H and O–H groups in total. The number of hydrogen-bond acceptors (Lipinski definition) is 3. The van der Waals surface area contributed by atoms with Crippen molar-refractivity contribution in [3.8, 4) is 0 Å². The molecule has 62 valence electrons. The molecule has 0 fully saturated rings. The van der Waals surface area contributed by atoms with E-state index in [1.54, 1.807) is 6.92 Å². The van der Waals surface area contributed by atoms with Crippen LogP contribution in [0.4, 0.5) is 0 Å². The van der Waals surface area contributed by atoms with Gasteiger partial charge in [-0.15, -0.1) is 0 Å². The van der Waals surface area contributed by atoms with Crippen molar-refractivity contribution in [3.63, 3.8) is 0 Å². The first-order chi connectivity index (χ1) is 4.48. The summed E-state index contributed by atoms with van der Waals surface area (Å²) >= 11 is 0. The largest absolute Gasteiger partial charge is 0.409 e. The van der Waals surface area contributed by atoms with Gasteiger partial charge in [0.1, 0.15) is 0 Å². The first-order valence-electron chi connectivity index (χ1n) is 2.48. The fourth-order valence-corrected chi connectivity index (χ4v) is 1.84. The van der Waals surface area contributed by atoms with Crippen molar-refractivity contribution in [3.05, 3.63) is 0 Å². The van der Waals surface area contributed by atoms with Gasteiger partial charge in [0.25, 0.3) is 0 Å². The van der Waals surface area contributed by atoms with Crippen molar-refractivity contribution >= 4 is 16.0 Å². The third-order valence-corrected chi connectivity index (χ3v) is 2.89. The van der Waals surface area contributed by atoms with Crippen molar-refractivity contribution in [2.75, 3.05) is 6.54 Å². The summed E-state index contributed by atoms with van der Waals surface area (Å²) in [5.74, 6) is 0. The molecule has 0 aromatic heterocycles. The SMILES string of the molecule is CCNP(=O)(O)O[PH](=O)O. The summed E-state index contributed by atoms with van der Waals surface area (Å²) in [6.45, 7) is 1.77. The third-order valence-electron chi connectivity index (χ3n) is 0.560. The van der Waals surface area contributed by atoms with Gasteiger partial charge in [-0.25, -0.2) is 14.0 Å². The van der Waals surface area contributed by atoms with Gasteiger partial charge in [-0.05, 0) is 0 Å². The average Bonchev–Trinajstić information content (AvgIpc) is 1.59. The summed E-state index contributed by atoms with van der Waals surface area (Å²) in [7, 11) is -7.36. The van der Waals surface area contributed by atoms with E-state index in [1.165, 1.54) is 0 Å². The Morgan fingerprint density at radius 2 is 2.30 bits per heavy atom. The molecule has 10 heavy (non-hydrogen) atoms. The average molecular weight is 189 g/mol. The van der Waals surface area contributed by atoms with E-state index in [0.717, 1.165) is 0 Å². The van der Waals surface area contributed by atoms with E-state index in [0.29, 0.717) is 0 Å². The second-order valence-corrected chi connectivity index (χ2v) is 4.01. The van der Waals surface area contributed by atoms with Crippen LogP contribution < -0.4 is 5.09 Å². The fourth-order valence-electron chi connectivity index (χ4n) is 0.338. The van der Waals surface area contributed by atoms with Crippen LogP contribution in [0.5, 0.6) is 0 Å². The summed E-state index contributed by atoms with van der Waals surface area (Å²) in [5.41, 5.74) is 0. The van der Waals surface area contributed by atoms with Crippen LogP contribution >= 0.6 is 16.0 Å². The van der Waals surface area contributed by atoms with Crippen LogP contribution in [0.15, 0.2) is 0 Å². The predicted octanol–water partition coefficient (Wildman–Crippen LogP) is 0.0949. The van der Waals surface area contributed by atoms with Gasteiger partial charge in [-0.2, -0.15) is 0 Å². The van der Waals surface area contributed by atoms with Crippen molar-refractivity contribution in [1.29, 1.82) is 0 Å². The molecule has 0 aliphatic heterocycles. The molecule has 2 unspecified atom stereocenters. The molecule has 0 aromatic rings. The lowest BCUT2D eigenvalue weighted by Crippen LogP contribution is -2.08. The summed E-state index contributed by atoms with van der Waals surface area (Å²) in [6.07, 6.45) is 0. The standard InChI is InChI=1S/C2H9NO5P2/c1-2-3-10(6,7)8-9(4)5/h9H,2H2,1H3,(H,4,5)(H2,3,6,7). The smallest absolute Gasteiger partial charge is 0.326 e. The molecule has 0 aliphatic rings. The van der Waals surface area contributed by atoms with Gasteiger partial charge >= 0.3 is 16.0 Å². The lowest BCUT2D eigenvalue weighted by molar-refractivity contribution is 0.340. The molecule has 0 saturated carbocycles. The quantitative estimate of drug-likeness (QED) is 0.542. The second kappa shape index (κ2) is 4.23. The molecule has 0 radical (unpaired) electrons. The molecule has 0 bridgehead atoms. The minimum atomic E-state index is -4.02. The van der Waals surface area contributed by atoms with Crippen LogP contribution in [0.3, 0.4) is 0 Å². The van der Waals surface area contributed by atoms with E-state index in [9.17, 15) is 9.13 Å². The summed E-state index contributed by atoms with van der Waals surface area (Å²) < 4.78 is 24.2. The van der Waals surface area contributed by atoms with E-state index in [1.807, 2.05) is 5.09 Å². The maximum atomic E-state index is 10.5. The molecule has 2 atom stereocenters. The minimum absolute atomic E-state index is 0.197. The Labute approximate surface area is 58.8 Å². The van der Waals surface area contributed by atoms with E-state index >= 15 is 0 Å². The van der Waals surface area contributed by atoms with E-state index in [2.05, 4.69) is 4.31 Å². The first kappa shape index (κ1) is 10.3. The molecule has 0 rings (SSSR count). The molecular weight excluding hydrogens is 180 g/mol. The monoisotopic (exact) mass is 189 g/mol. The van der Waals surface area contributed by atoms with Gasteiger partial charge in [0.05, 0.1) is 0 Å². The van der Waals surface area contributed by atoms with Crippen molar-refractivity contribution in [2.45, 2.75) is 6.92 Å². The van der Waals surface area contributed by atoms with Gasteiger partial charge in [0, 0.05) is 6.54 Å². The molecule has 0 spiro atoms. The highest BCUT2D eigenvalue weighted by Gasteiger charge is 2.19. The van der Waals surface area contributed by atoms with Crippen molar-refractivity contribution in [1.82, 2.24) is 5.09 Å². The fraction of sp³-hybridized carbons (Fsp3) is 1.00. The highest BCUT2D eigenvalue weighted by Crippen LogP contribution is 2.45. The zero-order chi connectivity index (χ0) is 8.20. The maximum absolute atomic E-state index is 10.5. The Morgan fingerprint density at radius 1 is 1.80 bits per heavy atom. The minimum Gasteiger partial charge on any atom is -0.326 e. The summed E-state index contributed by atoms with van der Waals surface area (Å²) in [6, 6.07) is 0. The second-order valence-electron chi connectivity index (χ2n) is 1.39. The normalized spacial score (nSPS) is 19.9. The van der Waals surface area contributed by atoms with Gasteiger partial charge in [0.15, 0.2) is 0 Å². The Hall–Kier alpha value is 0.300. The molecular formula is C2H9NO5P2. The molecule has 8 heteroatoms. The Kier molecular flexibility index (Phi) is 4.36. The first-order valence-corrected chi connectivity index (χ1v) is 5.32. The van der Waals surface area contributed by atoms with Crippen LogP contribution in [0.2, 0.25) is 0 Å².